The first-order valence-electron chi connectivity index (χ1n) is 6.83. The van der Waals surface area contributed by atoms with Gasteiger partial charge in [-0.15, -0.1) is 0 Å². The quantitative estimate of drug-likeness (QED) is 0.745. The minimum atomic E-state index is -0.0628. The maximum absolute atomic E-state index is 11.7. The largest absolute Gasteiger partial charge is 0.330 e. The normalized spacial score (nSPS) is 12.1. The highest BCUT2D eigenvalue weighted by Crippen LogP contribution is 2.15. The molecule has 0 saturated heterocycles. The molecule has 0 heterocycles. The standard InChI is InChI=1S/C15H23N3O2/c1-10(2)15(20)18-13-6-4-12(5-7-13)17-14(19)8-11(3)9-16/h4-7,10-11H,8-9,16H2,1-3H3,(H,17,19)(H,18,20). The molecule has 4 N–H and O–H groups in total. The van der Waals surface area contributed by atoms with Crippen LogP contribution in [0.2, 0.25) is 0 Å². The van der Waals surface area contributed by atoms with Crippen LogP contribution in [0.3, 0.4) is 0 Å². The average Bonchev–Trinajstić information content (AvgIpc) is 2.40. The summed E-state index contributed by atoms with van der Waals surface area (Å²) < 4.78 is 0. The van der Waals surface area contributed by atoms with Crippen molar-refractivity contribution in [2.24, 2.45) is 17.6 Å². The highest BCUT2D eigenvalue weighted by atomic mass is 16.2. The molecule has 0 bridgehead atoms. The lowest BCUT2D eigenvalue weighted by Crippen LogP contribution is -2.20. The van der Waals surface area contributed by atoms with Crippen LogP contribution in [-0.4, -0.2) is 18.4 Å². The molecule has 5 nitrogen and oxygen atoms in total. The van der Waals surface area contributed by atoms with E-state index in [2.05, 4.69) is 10.6 Å². The molecule has 1 aromatic carbocycles. The molecule has 0 aliphatic rings. The number of hydrogen-bond acceptors (Lipinski definition) is 3. The minimum Gasteiger partial charge on any atom is -0.330 e. The van der Waals surface area contributed by atoms with Gasteiger partial charge in [-0.3, -0.25) is 9.59 Å². The number of rotatable bonds is 6. The Hall–Kier alpha value is -1.88. The van der Waals surface area contributed by atoms with Crippen molar-refractivity contribution in [3.05, 3.63) is 24.3 Å². The van der Waals surface area contributed by atoms with Gasteiger partial charge in [-0.2, -0.15) is 0 Å². The van der Waals surface area contributed by atoms with Crippen LogP contribution in [0, 0.1) is 11.8 Å². The molecular weight excluding hydrogens is 254 g/mol. The highest BCUT2D eigenvalue weighted by Gasteiger charge is 2.09. The molecule has 5 heteroatoms. The van der Waals surface area contributed by atoms with E-state index in [0.717, 1.165) is 5.69 Å². The lowest BCUT2D eigenvalue weighted by Gasteiger charge is -2.11. The van der Waals surface area contributed by atoms with Crippen molar-refractivity contribution in [3.63, 3.8) is 0 Å². The van der Waals surface area contributed by atoms with E-state index in [1.807, 2.05) is 20.8 Å². The van der Waals surface area contributed by atoms with E-state index in [0.29, 0.717) is 18.7 Å². The van der Waals surface area contributed by atoms with Gasteiger partial charge >= 0.3 is 0 Å². The van der Waals surface area contributed by atoms with Gasteiger partial charge in [0.25, 0.3) is 0 Å². The molecule has 110 valence electrons. The van der Waals surface area contributed by atoms with Crippen molar-refractivity contribution in [2.75, 3.05) is 17.2 Å². The number of nitrogens with one attached hydrogen (secondary N) is 2. The molecule has 1 unspecified atom stereocenters. The van der Waals surface area contributed by atoms with E-state index in [1.54, 1.807) is 24.3 Å². The molecule has 20 heavy (non-hydrogen) atoms. The van der Waals surface area contributed by atoms with Gasteiger partial charge < -0.3 is 16.4 Å². The van der Waals surface area contributed by atoms with Crippen LogP contribution in [0.5, 0.6) is 0 Å². The number of amides is 2. The molecule has 0 aliphatic heterocycles. The van der Waals surface area contributed by atoms with Crippen molar-refractivity contribution >= 4 is 23.2 Å². The summed E-state index contributed by atoms with van der Waals surface area (Å²) >= 11 is 0. The van der Waals surface area contributed by atoms with Crippen LogP contribution in [0.1, 0.15) is 27.2 Å². The summed E-state index contributed by atoms with van der Waals surface area (Å²) in [6.45, 7) is 6.10. The van der Waals surface area contributed by atoms with Gasteiger partial charge in [0, 0.05) is 23.7 Å². The SMILES string of the molecule is CC(CN)CC(=O)Nc1ccc(NC(=O)C(C)C)cc1. The molecule has 0 radical (unpaired) electrons. The molecule has 1 atom stereocenters. The lowest BCUT2D eigenvalue weighted by atomic mass is 10.1. The zero-order valence-corrected chi connectivity index (χ0v) is 12.3. The summed E-state index contributed by atoms with van der Waals surface area (Å²) in [7, 11) is 0. The van der Waals surface area contributed by atoms with E-state index in [4.69, 9.17) is 5.73 Å². The first-order chi connectivity index (χ1) is 9.42. The third-order valence-corrected chi connectivity index (χ3v) is 2.90. The molecule has 0 fully saturated rings. The third-order valence-electron chi connectivity index (χ3n) is 2.90. The minimum absolute atomic E-state index is 0.0291. The van der Waals surface area contributed by atoms with Crippen molar-refractivity contribution in [1.29, 1.82) is 0 Å². The fourth-order valence-electron chi connectivity index (χ4n) is 1.54. The second-order valence-corrected chi connectivity index (χ2v) is 5.31. The summed E-state index contributed by atoms with van der Waals surface area (Å²) in [6, 6.07) is 7.06. The van der Waals surface area contributed by atoms with Crippen molar-refractivity contribution in [1.82, 2.24) is 0 Å². The van der Waals surface area contributed by atoms with E-state index in [9.17, 15) is 9.59 Å². The molecule has 2 amide bonds. The topological polar surface area (TPSA) is 84.2 Å². The zero-order valence-electron chi connectivity index (χ0n) is 12.3. The Balaban J connectivity index is 2.54. The summed E-state index contributed by atoms with van der Waals surface area (Å²) in [5, 5.41) is 5.60. The fraction of sp³-hybridized carbons (Fsp3) is 0.467. The lowest BCUT2D eigenvalue weighted by molar-refractivity contribution is -0.119. The van der Waals surface area contributed by atoms with Crippen LogP contribution in [0.25, 0.3) is 0 Å². The number of hydrogen-bond donors (Lipinski definition) is 3. The fourth-order valence-corrected chi connectivity index (χ4v) is 1.54. The van der Waals surface area contributed by atoms with Crippen LogP contribution < -0.4 is 16.4 Å². The van der Waals surface area contributed by atoms with Gasteiger partial charge in [0.15, 0.2) is 0 Å². The van der Waals surface area contributed by atoms with Crippen LogP contribution in [0.4, 0.5) is 11.4 Å². The van der Waals surface area contributed by atoms with Gasteiger partial charge in [0.2, 0.25) is 11.8 Å². The van der Waals surface area contributed by atoms with Crippen molar-refractivity contribution in [3.8, 4) is 0 Å². The van der Waals surface area contributed by atoms with Gasteiger partial charge in [-0.1, -0.05) is 20.8 Å². The van der Waals surface area contributed by atoms with Crippen LogP contribution >= 0.6 is 0 Å². The maximum atomic E-state index is 11.7. The second-order valence-electron chi connectivity index (χ2n) is 5.31. The van der Waals surface area contributed by atoms with Gasteiger partial charge in [-0.05, 0) is 36.7 Å². The second kappa shape index (κ2) is 7.65. The molecule has 1 rings (SSSR count). The summed E-state index contributed by atoms with van der Waals surface area (Å²) in [5.41, 5.74) is 6.91. The smallest absolute Gasteiger partial charge is 0.226 e. The Bertz CT molecular complexity index is 455. The Morgan fingerprint density at radius 3 is 2.00 bits per heavy atom. The predicted molar refractivity (Wildman–Crippen MR) is 81.4 cm³/mol. The summed E-state index contributed by atoms with van der Waals surface area (Å²) in [5.74, 6) is 0.0206. The maximum Gasteiger partial charge on any atom is 0.226 e. The number of nitrogens with two attached hydrogens (primary N) is 1. The molecular formula is C15H23N3O2. The molecule has 1 aromatic rings. The molecule has 0 aromatic heterocycles. The Labute approximate surface area is 119 Å². The summed E-state index contributed by atoms with van der Waals surface area (Å²) in [4.78, 5) is 23.2. The van der Waals surface area contributed by atoms with E-state index >= 15 is 0 Å². The van der Waals surface area contributed by atoms with Gasteiger partial charge in [-0.25, -0.2) is 0 Å². The van der Waals surface area contributed by atoms with Crippen molar-refractivity contribution < 1.29 is 9.59 Å². The number of carbonyl (C=O) groups is 2. The van der Waals surface area contributed by atoms with Crippen LogP contribution in [0.15, 0.2) is 24.3 Å². The van der Waals surface area contributed by atoms with Crippen LogP contribution in [-0.2, 0) is 9.59 Å². The molecule has 0 saturated carbocycles. The number of benzene rings is 1. The van der Waals surface area contributed by atoms with E-state index in [-0.39, 0.29) is 23.7 Å². The Morgan fingerprint density at radius 2 is 1.55 bits per heavy atom. The molecule has 0 spiro atoms. The highest BCUT2D eigenvalue weighted by molar-refractivity contribution is 5.93. The third kappa shape index (κ3) is 5.40. The summed E-state index contributed by atoms with van der Waals surface area (Å²) in [6.07, 6.45) is 0.405. The Morgan fingerprint density at radius 1 is 1.05 bits per heavy atom. The van der Waals surface area contributed by atoms with E-state index in [1.165, 1.54) is 0 Å². The first-order valence-corrected chi connectivity index (χ1v) is 6.83. The zero-order chi connectivity index (χ0) is 15.1. The molecule has 0 aliphatic carbocycles. The number of carbonyl (C=O) groups excluding carboxylic acids is 2. The average molecular weight is 277 g/mol. The predicted octanol–water partition coefficient (Wildman–Crippen LogP) is 2.20. The first kappa shape index (κ1) is 16.2. The van der Waals surface area contributed by atoms with E-state index < -0.39 is 0 Å². The monoisotopic (exact) mass is 277 g/mol. The van der Waals surface area contributed by atoms with Crippen molar-refractivity contribution in [2.45, 2.75) is 27.2 Å². The van der Waals surface area contributed by atoms with Gasteiger partial charge in [0.05, 0.1) is 0 Å². The number of anilines is 2. The van der Waals surface area contributed by atoms with Gasteiger partial charge in [0.1, 0.15) is 0 Å². The Kier molecular flexibility index (Phi) is 6.18.